The van der Waals surface area contributed by atoms with Crippen LogP contribution in [0.5, 0.6) is 0 Å². The maximum atomic E-state index is 12.4. The van der Waals surface area contributed by atoms with E-state index in [-0.39, 0.29) is 25.3 Å². The molecule has 0 spiro atoms. The zero-order chi connectivity index (χ0) is 27.0. The summed E-state index contributed by atoms with van der Waals surface area (Å²) in [7, 11) is -3.70. The van der Waals surface area contributed by atoms with Crippen LogP contribution in [0, 0.1) is 0 Å². The third kappa shape index (κ3) is 21.1. The molecule has 220 valence electrons. The number of likely N-dealkylation sites (tertiary alicyclic amines) is 1. The molecular formula is C29H59NO6P+. The van der Waals surface area contributed by atoms with E-state index in [1.165, 1.54) is 94.8 Å². The van der Waals surface area contributed by atoms with Crippen molar-refractivity contribution < 1.29 is 33.2 Å². The van der Waals surface area contributed by atoms with Crippen LogP contribution in [0.25, 0.3) is 0 Å². The average Bonchev–Trinajstić information content (AvgIpc) is 3.40. The number of unbranched alkanes of at least 4 members (excludes halogenated alkanes) is 13. The fourth-order valence-corrected chi connectivity index (χ4v) is 5.99. The van der Waals surface area contributed by atoms with Gasteiger partial charge in [-0.25, -0.2) is 0 Å². The third-order valence-electron chi connectivity index (χ3n) is 7.22. The Kier molecular flexibility index (Phi) is 21.9. The lowest BCUT2D eigenvalue weighted by Gasteiger charge is -2.21. The highest BCUT2D eigenvalue weighted by molar-refractivity contribution is 7.52. The standard InChI is InChI=1S/C29H58NO6P/c1-3-5-6-7-8-9-10-11-12-13-14-15-16-19-24-34-26-28(36-29(31)20-4-2)27-35-37(32,33)25-23-30-21-17-18-22-30/h28H,3-27H2,1-2H3,(H,32,33)/p+1. The van der Waals surface area contributed by atoms with Crippen molar-refractivity contribution in [1.29, 1.82) is 0 Å². The summed E-state index contributed by atoms with van der Waals surface area (Å²) in [5.74, 6) is -0.314. The van der Waals surface area contributed by atoms with Crippen LogP contribution < -0.4 is 4.90 Å². The van der Waals surface area contributed by atoms with E-state index in [4.69, 9.17) is 14.0 Å². The Balaban J connectivity index is 2.09. The lowest BCUT2D eigenvalue weighted by Crippen LogP contribution is -3.10. The summed E-state index contributed by atoms with van der Waals surface area (Å²) in [4.78, 5) is 23.6. The monoisotopic (exact) mass is 548 g/mol. The molecule has 1 aliphatic rings. The molecule has 0 bridgehead atoms. The van der Waals surface area contributed by atoms with Crippen molar-refractivity contribution in [3.8, 4) is 0 Å². The molecule has 1 heterocycles. The van der Waals surface area contributed by atoms with Crippen molar-refractivity contribution >= 4 is 13.6 Å². The van der Waals surface area contributed by atoms with E-state index in [0.29, 0.717) is 26.0 Å². The van der Waals surface area contributed by atoms with Crippen LogP contribution in [0.2, 0.25) is 0 Å². The average molecular weight is 549 g/mol. The number of quaternary nitrogens is 1. The molecule has 0 radical (unpaired) electrons. The first-order valence-electron chi connectivity index (χ1n) is 15.5. The maximum absolute atomic E-state index is 12.4. The third-order valence-corrected chi connectivity index (χ3v) is 8.56. The van der Waals surface area contributed by atoms with Gasteiger partial charge in [-0.05, 0) is 12.8 Å². The van der Waals surface area contributed by atoms with Gasteiger partial charge in [0.25, 0.3) is 0 Å². The van der Waals surface area contributed by atoms with Gasteiger partial charge in [0, 0.05) is 25.9 Å². The fourth-order valence-electron chi connectivity index (χ4n) is 4.87. The second-order valence-corrected chi connectivity index (χ2v) is 12.9. The van der Waals surface area contributed by atoms with E-state index >= 15 is 0 Å². The van der Waals surface area contributed by atoms with Crippen LogP contribution in [-0.4, -0.2) is 62.6 Å². The number of esters is 1. The van der Waals surface area contributed by atoms with Crippen molar-refractivity contribution in [2.75, 3.05) is 45.6 Å². The van der Waals surface area contributed by atoms with Crippen molar-refractivity contribution in [2.24, 2.45) is 0 Å². The number of ether oxygens (including phenoxy) is 2. The fraction of sp³-hybridized carbons (Fsp3) is 0.966. The van der Waals surface area contributed by atoms with Crippen molar-refractivity contribution in [2.45, 2.75) is 136 Å². The molecule has 1 fully saturated rings. The highest BCUT2D eigenvalue weighted by Crippen LogP contribution is 2.41. The Morgan fingerprint density at radius 2 is 1.35 bits per heavy atom. The zero-order valence-electron chi connectivity index (χ0n) is 24.2. The molecule has 0 aromatic carbocycles. The minimum absolute atomic E-state index is 0.0999. The molecule has 2 N–H and O–H groups in total. The van der Waals surface area contributed by atoms with Gasteiger partial charge in [-0.15, -0.1) is 0 Å². The molecule has 1 saturated heterocycles. The summed E-state index contributed by atoms with van der Waals surface area (Å²) in [6.45, 7) is 7.65. The van der Waals surface area contributed by atoms with Crippen LogP contribution >= 0.6 is 7.60 Å². The molecule has 0 aliphatic carbocycles. The minimum atomic E-state index is -3.70. The van der Waals surface area contributed by atoms with E-state index in [1.807, 2.05) is 6.92 Å². The predicted molar refractivity (Wildman–Crippen MR) is 151 cm³/mol. The zero-order valence-corrected chi connectivity index (χ0v) is 25.1. The van der Waals surface area contributed by atoms with Gasteiger partial charge in [0.05, 0.1) is 39.0 Å². The van der Waals surface area contributed by atoms with Gasteiger partial charge in [0.2, 0.25) is 0 Å². The molecule has 0 amide bonds. The van der Waals surface area contributed by atoms with Gasteiger partial charge < -0.3 is 23.8 Å². The summed E-state index contributed by atoms with van der Waals surface area (Å²) in [5.41, 5.74) is 0. The van der Waals surface area contributed by atoms with Gasteiger partial charge in [-0.2, -0.15) is 0 Å². The molecule has 2 atom stereocenters. The van der Waals surface area contributed by atoms with Crippen molar-refractivity contribution in [1.82, 2.24) is 0 Å². The van der Waals surface area contributed by atoms with Crippen LogP contribution in [0.1, 0.15) is 129 Å². The SMILES string of the molecule is CCCCCCCCCCCCCCCCOCC(COP(=O)(O)CC[NH+]1CCCC1)OC(=O)CCC. The van der Waals surface area contributed by atoms with Gasteiger partial charge in [-0.1, -0.05) is 97.3 Å². The molecule has 37 heavy (non-hydrogen) atoms. The van der Waals surface area contributed by atoms with Gasteiger partial charge in [0.1, 0.15) is 6.10 Å². The summed E-state index contributed by atoms with van der Waals surface area (Å²) in [6.07, 6.45) is 21.3. The first-order chi connectivity index (χ1) is 18.0. The lowest BCUT2D eigenvalue weighted by atomic mass is 10.0. The molecule has 0 aromatic heterocycles. The van der Waals surface area contributed by atoms with Crippen molar-refractivity contribution in [3.63, 3.8) is 0 Å². The van der Waals surface area contributed by atoms with Gasteiger partial charge in [0.15, 0.2) is 0 Å². The topological polar surface area (TPSA) is 86.5 Å². The van der Waals surface area contributed by atoms with E-state index in [2.05, 4.69) is 6.92 Å². The summed E-state index contributed by atoms with van der Waals surface area (Å²) in [5, 5.41) is 0. The van der Waals surface area contributed by atoms with E-state index in [9.17, 15) is 14.3 Å². The molecule has 7 nitrogen and oxygen atoms in total. The molecule has 0 aromatic rings. The minimum Gasteiger partial charge on any atom is -0.457 e. The summed E-state index contributed by atoms with van der Waals surface area (Å²) >= 11 is 0. The summed E-state index contributed by atoms with van der Waals surface area (Å²) in [6, 6.07) is 0. The largest absolute Gasteiger partial charge is 0.457 e. The highest BCUT2D eigenvalue weighted by Gasteiger charge is 2.27. The Hall–Kier alpha value is -0.460. The Morgan fingerprint density at radius 1 is 0.811 bits per heavy atom. The second kappa shape index (κ2) is 23.4. The highest BCUT2D eigenvalue weighted by atomic mass is 31.2. The number of carbonyl (C=O) groups excluding carboxylic acids is 1. The Morgan fingerprint density at radius 3 is 1.89 bits per heavy atom. The number of hydrogen-bond donors (Lipinski definition) is 2. The Labute approximate surface area is 227 Å². The smallest absolute Gasteiger partial charge is 0.333 e. The second-order valence-electron chi connectivity index (χ2n) is 10.9. The van der Waals surface area contributed by atoms with Crippen LogP contribution in [0.3, 0.4) is 0 Å². The van der Waals surface area contributed by atoms with E-state index in [0.717, 1.165) is 25.9 Å². The molecule has 1 aliphatic heterocycles. The van der Waals surface area contributed by atoms with Crippen LogP contribution in [-0.2, 0) is 23.4 Å². The number of carbonyl (C=O) groups is 1. The molecule has 1 rings (SSSR count). The maximum Gasteiger partial charge on any atom is 0.333 e. The first kappa shape index (κ1) is 34.6. The van der Waals surface area contributed by atoms with E-state index in [1.54, 1.807) is 0 Å². The first-order valence-corrected chi connectivity index (χ1v) is 17.3. The van der Waals surface area contributed by atoms with Crippen LogP contribution in [0.15, 0.2) is 0 Å². The normalized spacial score (nSPS) is 16.6. The molecule has 0 saturated carbocycles. The number of rotatable bonds is 26. The summed E-state index contributed by atoms with van der Waals surface area (Å²) < 4.78 is 29.0. The van der Waals surface area contributed by atoms with Gasteiger partial charge in [-0.3, -0.25) is 9.36 Å². The molecule has 8 heteroatoms. The van der Waals surface area contributed by atoms with E-state index < -0.39 is 13.7 Å². The Bertz CT molecular complexity index is 585. The number of hydrogen-bond acceptors (Lipinski definition) is 5. The van der Waals surface area contributed by atoms with Crippen molar-refractivity contribution in [3.05, 3.63) is 0 Å². The quantitative estimate of drug-likeness (QED) is 0.0774. The number of nitrogens with one attached hydrogen (secondary N) is 1. The lowest BCUT2D eigenvalue weighted by molar-refractivity contribution is -0.884. The molecule has 2 unspecified atom stereocenters. The molecular weight excluding hydrogens is 489 g/mol. The van der Waals surface area contributed by atoms with Crippen LogP contribution in [0.4, 0.5) is 0 Å². The van der Waals surface area contributed by atoms with Gasteiger partial charge >= 0.3 is 13.6 Å². The predicted octanol–water partition coefficient (Wildman–Crippen LogP) is 6.08.